The number of ether oxygens (including phenoxy) is 1. The number of carbonyl (C=O) groups excluding carboxylic acids is 1. The van der Waals surface area contributed by atoms with E-state index in [-0.39, 0.29) is 5.97 Å². The molecule has 0 saturated heterocycles. The molecule has 5 nitrogen and oxygen atoms in total. The average Bonchev–Trinajstić information content (AvgIpc) is 3.18. The molecule has 1 saturated carbocycles. The molecule has 1 heterocycles. The number of aromatic nitrogens is 3. The minimum absolute atomic E-state index is 0.325. The first-order valence-corrected chi connectivity index (χ1v) is 7.36. The number of fused-ring (bicyclic) bond motifs is 1. The normalized spacial score (nSPS) is 15.0. The highest BCUT2D eigenvalue weighted by Crippen LogP contribution is 2.31. The predicted molar refractivity (Wildman–Crippen MR) is 80.7 cm³/mol. The summed E-state index contributed by atoms with van der Waals surface area (Å²) in [6, 6.07) is 4.02. The van der Waals surface area contributed by atoms with Gasteiger partial charge in [-0.15, -0.1) is 5.10 Å². The molecule has 1 aliphatic carbocycles. The van der Waals surface area contributed by atoms with Crippen molar-refractivity contribution in [2.45, 2.75) is 33.2 Å². The number of benzene rings is 1. The lowest BCUT2D eigenvalue weighted by Crippen LogP contribution is -2.01. The first-order valence-electron chi connectivity index (χ1n) is 7.36. The van der Waals surface area contributed by atoms with Gasteiger partial charge in [0.1, 0.15) is 5.52 Å². The van der Waals surface area contributed by atoms with Gasteiger partial charge in [0.25, 0.3) is 0 Å². The van der Waals surface area contributed by atoms with Crippen LogP contribution in [0.4, 0.5) is 0 Å². The molecular formula is C16H19N3O2. The molecule has 3 rings (SSSR count). The molecule has 1 aromatic heterocycles. The van der Waals surface area contributed by atoms with Gasteiger partial charge >= 0.3 is 5.97 Å². The molecule has 0 spiro atoms. The third-order valence-corrected chi connectivity index (χ3v) is 3.80. The van der Waals surface area contributed by atoms with E-state index in [9.17, 15) is 4.79 Å². The van der Waals surface area contributed by atoms with Crippen molar-refractivity contribution < 1.29 is 9.53 Å². The summed E-state index contributed by atoms with van der Waals surface area (Å²) in [6.45, 7) is 5.13. The maximum atomic E-state index is 11.4. The molecule has 110 valence electrons. The van der Waals surface area contributed by atoms with Crippen LogP contribution in [0, 0.1) is 12.8 Å². The Morgan fingerprint density at radius 2 is 2.29 bits per heavy atom. The van der Waals surface area contributed by atoms with Crippen LogP contribution in [0.2, 0.25) is 0 Å². The van der Waals surface area contributed by atoms with Crippen molar-refractivity contribution in [3.05, 3.63) is 29.3 Å². The molecule has 2 aromatic rings. The van der Waals surface area contributed by atoms with Crippen molar-refractivity contribution in [1.82, 2.24) is 15.0 Å². The van der Waals surface area contributed by atoms with Gasteiger partial charge in [0.2, 0.25) is 0 Å². The lowest BCUT2D eigenvalue weighted by Gasteiger charge is -2.03. The number of hydrogen-bond acceptors (Lipinski definition) is 4. The second-order valence-electron chi connectivity index (χ2n) is 5.45. The molecule has 0 bridgehead atoms. The highest BCUT2D eigenvalue weighted by Gasteiger charge is 2.23. The number of nitrogens with zero attached hydrogens (tertiary/aromatic N) is 3. The van der Waals surface area contributed by atoms with Gasteiger partial charge in [0.05, 0.1) is 12.1 Å². The molecule has 1 aromatic carbocycles. The number of esters is 1. The zero-order valence-electron chi connectivity index (χ0n) is 12.4. The Labute approximate surface area is 123 Å². The largest absolute Gasteiger partial charge is 0.463 e. The fourth-order valence-electron chi connectivity index (χ4n) is 2.39. The molecule has 0 N–H and O–H groups in total. The Balaban J connectivity index is 1.87. The minimum Gasteiger partial charge on any atom is -0.463 e. The third kappa shape index (κ3) is 2.96. The molecule has 1 aliphatic rings. The van der Waals surface area contributed by atoms with Crippen LogP contribution in [-0.2, 0) is 16.1 Å². The van der Waals surface area contributed by atoms with Gasteiger partial charge in [0.15, 0.2) is 0 Å². The molecule has 0 amide bonds. The molecule has 0 atom stereocenters. The number of carbonyl (C=O) groups is 1. The summed E-state index contributed by atoms with van der Waals surface area (Å²) in [5, 5.41) is 8.54. The topological polar surface area (TPSA) is 57.0 Å². The van der Waals surface area contributed by atoms with Crippen LogP contribution in [0.25, 0.3) is 17.1 Å². The molecular weight excluding hydrogens is 266 g/mol. The van der Waals surface area contributed by atoms with Gasteiger partial charge in [-0.2, -0.15) is 0 Å². The summed E-state index contributed by atoms with van der Waals surface area (Å²) in [5.41, 5.74) is 3.97. The number of aryl methyl sites for hydroxylation is 1. The maximum Gasteiger partial charge on any atom is 0.330 e. The Hall–Kier alpha value is -2.17. The van der Waals surface area contributed by atoms with Crippen LogP contribution in [0.1, 0.15) is 30.9 Å². The van der Waals surface area contributed by atoms with Gasteiger partial charge in [-0.05, 0) is 55.9 Å². The van der Waals surface area contributed by atoms with E-state index in [2.05, 4.69) is 10.3 Å². The second kappa shape index (κ2) is 5.68. The summed E-state index contributed by atoms with van der Waals surface area (Å²) in [7, 11) is 0. The predicted octanol–water partition coefficient (Wildman–Crippen LogP) is 2.73. The van der Waals surface area contributed by atoms with Crippen molar-refractivity contribution >= 4 is 23.1 Å². The van der Waals surface area contributed by atoms with Gasteiger partial charge in [-0.3, -0.25) is 0 Å². The summed E-state index contributed by atoms with van der Waals surface area (Å²) in [6.07, 6.45) is 5.81. The standard InChI is InChI=1S/C16H19N3O2/c1-3-21-15(20)9-7-13-6-8-14-16(11(13)2)17-18-19(14)10-12-4-5-12/h6-9,12H,3-5,10H2,1-2H3/b9-7+. The number of hydrogen-bond donors (Lipinski definition) is 0. The average molecular weight is 285 g/mol. The van der Waals surface area contributed by atoms with Gasteiger partial charge < -0.3 is 4.74 Å². The lowest BCUT2D eigenvalue weighted by atomic mass is 10.1. The highest BCUT2D eigenvalue weighted by atomic mass is 16.5. The zero-order valence-corrected chi connectivity index (χ0v) is 12.4. The molecule has 0 aliphatic heterocycles. The second-order valence-corrected chi connectivity index (χ2v) is 5.45. The molecule has 1 fully saturated rings. The Bertz CT molecular complexity index is 699. The summed E-state index contributed by atoms with van der Waals surface area (Å²) in [4.78, 5) is 11.4. The SMILES string of the molecule is CCOC(=O)/C=C/c1ccc2c(nnn2CC2CC2)c1C. The molecule has 21 heavy (non-hydrogen) atoms. The van der Waals surface area contributed by atoms with Crippen molar-refractivity contribution in [2.24, 2.45) is 5.92 Å². The molecule has 5 heteroatoms. The van der Waals surface area contributed by atoms with E-state index in [0.717, 1.165) is 34.6 Å². The quantitative estimate of drug-likeness (QED) is 0.626. The fourth-order valence-corrected chi connectivity index (χ4v) is 2.39. The van der Waals surface area contributed by atoms with Gasteiger partial charge in [-0.1, -0.05) is 11.3 Å². The van der Waals surface area contributed by atoms with Gasteiger partial charge in [-0.25, -0.2) is 9.48 Å². The Kier molecular flexibility index (Phi) is 3.73. The lowest BCUT2D eigenvalue weighted by molar-refractivity contribution is -0.137. The molecule has 0 unspecified atom stereocenters. The Morgan fingerprint density at radius 1 is 1.48 bits per heavy atom. The van der Waals surface area contributed by atoms with Crippen molar-refractivity contribution in [3.8, 4) is 0 Å². The van der Waals surface area contributed by atoms with Crippen LogP contribution in [0.3, 0.4) is 0 Å². The first-order chi connectivity index (χ1) is 10.2. The van der Waals surface area contributed by atoms with E-state index in [0.29, 0.717) is 6.61 Å². The minimum atomic E-state index is -0.325. The Morgan fingerprint density at radius 3 is 3.00 bits per heavy atom. The molecule has 0 radical (unpaired) electrons. The van der Waals surface area contributed by atoms with Crippen LogP contribution in [0.5, 0.6) is 0 Å². The van der Waals surface area contributed by atoms with E-state index in [4.69, 9.17) is 4.74 Å². The third-order valence-electron chi connectivity index (χ3n) is 3.80. The first kappa shape index (κ1) is 13.8. The van der Waals surface area contributed by atoms with E-state index >= 15 is 0 Å². The summed E-state index contributed by atoms with van der Waals surface area (Å²) in [5.74, 6) is 0.438. The van der Waals surface area contributed by atoms with E-state index in [1.165, 1.54) is 18.9 Å². The van der Waals surface area contributed by atoms with Gasteiger partial charge in [0, 0.05) is 12.6 Å². The zero-order chi connectivity index (χ0) is 14.8. The highest BCUT2D eigenvalue weighted by molar-refractivity contribution is 5.89. The van der Waals surface area contributed by atoms with Crippen LogP contribution < -0.4 is 0 Å². The van der Waals surface area contributed by atoms with Crippen molar-refractivity contribution in [2.75, 3.05) is 6.61 Å². The summed E-state index contributed by atoms with van der Waals surface area (Å²) >= 11 is 0. The smallest absolute Gasteiger partial charge is 0.330 e. The van der Waals surface area contributed by atoms with E-state index in [1.54, 1.807) is 13.0 Å². The van der Waals surface area contributed by atoms with E-state index in [1.807, 2.05) is 23.7 Å². The fraction of sp³-hybridized carbons (Fsp3) is 0.438. The van der Waals surface area contributed by atoms with E-state index < -0.39 is 0 Å². The van der Waals surface area contributed by atoms with Crippen molar-refractivity contribution in [3.63, 3.8) is 0 Å². The monoisotopic (exact) mass is 285 g/mol. The van der Waals surface area contributed by atoms with Crippen LogP contribution >= 0.6 is 0 Å². The number of rotatable bonds is 5. The summed E-state index contributed by atoms with van der Waals surface area (Å²) < 4.78 is 6.87. The maximum absolute atomic E-state index is 11.4. The van der Waals surface area contributed by atoms with Crippen LogP contribution in [0.15, 0.2) is 18.2 Å². The van der Waals surface area contributed by atoms with Crippen LogP contribution in [-0.4, -0.2) is 27.6 Å². The van der Waals surface area contributed by atoms with Crippen molar-refractivity contribution in [1.29, 1.82) is 0 Å².